The van der Waals surface area contributed by atoms with E-state index >= 15 is 0 Å². The van der Waals surface area contributed by atoms with Crippen LogP contribution in [0, 0.1) is 11.3 Å². The Morgan fingerprint density at radius 2 is 1.93 bits per heavy atom. The minimum Gasteiger partial charge on any atom is -0.497 e. The number of anilines is 1. The van der Waals surface area contributed by atoms with Gasteiger partial charge in [0.05, 0.1) is 22.9 Å². The van der Waals surface area contributed by atoms with E-state index in [-0.39, 0.29) is 11.2 Å². The first-order valence-electron chi connectivity index (χ1n) is 8.05. The Labute approximate surface area is 157 Å². The van der Waals surface area contributed by atoms with Gasteiger partial charge in [0, 0.05) is 5.56 Å². The highest BCUT2D eigenvalue weighted by atomic mass is 32.1. The second kappa shape index (κ2) is 6.59. The van der Waals surface area contributed by atoms with Crippen molar-refractivity contribution in [2.45, 2.75) is 0 Å². The van der Waals surface area contributed by atoms with Crippen LogP contribution in [0.2, 0.25) is 0 Å². The molecule has 0 spiro atoms. The Morgan fingerprint density at radius 3 is 2.63 bits per heavy atom. The van der Waals surface area contributed by atoms with Gasteiger partial charge in [-0.2, -0.15) is 5.26 Å². The Morgan fingerprint density at radius 1 is 1.19 bits per heavy atom. The molecule has 7 heteroatoms. The number of carbonyl (C=O) groups excluding carboxylic acids is 1. The van der Waals surface area contributed by atoms with E-state index in [1.54, 1.807) is 31.4 Å². The second-order valence-electron chi connectivity index (χ2n) is 5.78. The Hall–Kier alpha value is -3.63. The molecule has 132 valence electrons. The number of thiazole rings is 1. The average molecular weight is 375 g/mol. The first kappa shape index (κ1) is 16.8. The molecule has 0 saturated carbocycles. The maximum Gasteiger partial charge on any atom is 0.280 e. The Bertz CT molecular complexity index is 1280. The number of para-hydroxylation sites is 1. The van der Waals surface area contributed by atoms with Crippen molar-refractivity contribution < 1.29 is 9.53 Å². The lowest BCUT2D eigenvalue weighted by Crippen LogP contribution is -2.22. The number of methoxy groups -OCH3 is 1. The molecule has 0 aliphatic heterocycles. The van der Waals surface area contributed by atoms with Gasteiger partial charge in [0.25, 0.3) is 11.5 Å². The van der Waals surface area contributed by atoms with Gasteiger partial charge in [0.15, 0.2) is 0 Å². The molecule has 0 fully saturated rings. The molecule has 6 nitrogen and oxygen atoms in total. The van der Waals surface area contributed by atoms with Gasteiger partial charge in [-0.15, -0.1) is 11.3 Å². The van der Waals surface area contributed by atoms with Crippen LogP contribution in [0.4, 0.5) is 5.69 Å². The zero-order chi connectivity index (χ0) is 19.0. The molecule has 4 rings (SSSR count). The molecule has 0 atom stereocenters. The predicted octanol–water partition coefficient (Wildman–Crippen LogP) is 3.65. The first-order valence-corrected chi connectivity index (χ1v) is 8.87. The number of ether oxygens (including phenoxy) is 1. The van der Waals surface area contributed by atoms with Crippen molar-refractivity contribution in [3.05, 3.63) is 76.1 Å². The normalized spacial score (nSPS) is 10.7. The number of hydrogen-bond acceptors (Lipinski definition) is 5. The SMILES string of the molecule is COc1ccc(C(=O)Nc2cc(C#N)c3sc4ccccc4n3c2=O)cc1. The topological polar surface area (TPSA) is 83.6 Å². The Balaban J connectivity index is 1.83. The van der Waals surface area contributed by atoms with Crippen LogP contribution >= 0.6 is 11.3 Å². The molecule has 0 aliphatic rings. The monoisotopic (exact) mass is 375 g/mol. The third kappa shape index (κ3) is 2.82. The Kier molecular flexibility index (Phi) is 4.11. The number of nitriles is 1. The maximum atomic E-state index is 13.0. The number of aromatic nitrogens is 1. The predicted molar refractivity (Wildman–Crippen MR) is 105 cm³/mol. The fraction of sp³-hybridized carbons (Fsp3) is 0.0500. The zero-order valence-electron chi connectivity index (χ0n) is 14.2. The summed E-state index contributed by atoms with van der Waals surface area (Å²) in [7, 11) is 1.54. The van der Waals surface area contributed by atoms with Crippen LogP contribution in [0.3, 0.4) is 0 Å². The van der Waals surface area contributed by atoms with Crippen molar-refractivity contribution in [2.24, 2.45) is 0 Å². The summed E-state index contributed by atoms with van der Waals surface area (Å²) in [6, 6.07) is 17.5. The number of nitrogens with one attached hydrogen (secondary N) is 1. The number of hydrogen-bond donors (Lipinski definition) is 1. The smallest absolute Gasteiger partial charge is 0.280 e. The minimum absolute atomic E-state index is 0.0634. The number of amides is 1. The zero-order valence-corrected chi connectivity index (χ0v) is 15.0. The highest BCUT2D eigenvalue weighted by Crippen LogP contribution is 2.28. The van der Waals surface area contributed by atoms with E-state index in [1.807, 2.05) is 24.3 Å². The van der Waals surface area contributed by atoms with Crippen LogP contribution in [-0.4, -0.2) is 17.4 Å². The summed E-state index contributed by atoms with van der Waals surface area (Å²) in [5.74, 6) is 0.197. The van der Waals surface area contributed by atoms with Gasteiger partial charge in [0.1, 0.15) is 22.3 Å². The first-order chi connectivity index (χ1) is 13.1. The van der Waals surface area contributed by atoms with Crippen molar-refractivity contribution in [1.82, 2.24) is 4.40 Å². The third-order valence-corrected chi connectivity index (χ3v) is 5.35. The molecule has 0 aliphatic carbocycles. The highest BCUT2D eigenvalue weighted by molar-refractivity contribution is 7.24. The summed E-state index contributed by atoms with van der Waals surface area (Å²) in [5, 5.41) is 12.1. The largest absolute Gasteiger partial charge is 0.497 e. The fourth-order valence-corrected chi connectivity index (χ4v) is 3.97. The summed E-state index contributed by atoms with van der Waals surface area (Å²) in [6.45, 7) is 0. The number of pyridine rings is 1. The van der Waals surface area contributed by atoms with E-state index in [0.717, 1.165) is 4.70 Å². The molecule has 2 aromatic heterocycles. The molecule has 1 N–H and O–H groups in total. The second-order valence-corrected chi connectivity index (χ2v) is 6.81. The quantitative estimate of drug-likeness (QED) is 0.592. The molecular formula is C20H13N3O3S. The molecule has 1 amide bonds. The fourth-order valence-electron chi connectivity index (χ4n) is 2.86. The van der Waals surface area contributed by atoms with E-state index in [2.05, 4.69) is 11.4 Å². The maximum absolute atomic E-state index is 13.0. The van der Waals surface area contributed by atoms with E-state index < -0.39 is 5.91 Å². The van der Waals surface area contributed by atoms with Gasteiger partial charge >= 0.3 is 0 Å². The van der Waals surface area contributed by atoms with E-state index in [9.17, 15) is 14.9 Å². The van der Waals surface area contributed by atoms with E-state index in [1.165, 1.54) is 21.8 Å². The molecule has 0 unspecified atom stereocenters. The van der Waals surface area contributed by atoms with Crippen molar-refractivity contribution in [2.75, 3.05) is 12.4 Å². The number of fused-ring (bicyclic) bond motifs is 3. The van der Waals surface area contributed by atoms with Gasteiger partial charge in [0.2, 0.25) is 0 Å². The molecule has 4 aromatic rings. The lowest BCUT2D eigenvalue weighted by molar-refractivity contribution is 0.102. The summed E-state index contributed by atoms with van der Waals surface area (Å²) >= 11 is 1.37. The average Bonchev–Trinajstić information content (AvgIpc) is 3.10. The van der Waals surface area contributed by atoms with Gasteiger partial charge in [-0.25, -0.2) is 0 Å². The van der Waals surface area contributed by atoms with Crippen LogP contribution in [-0.2, 0) is 0 Å². The summed E-state index contributed by atoms with van der Waals surface area (Å²) in [6.07, 6.45) is 0. The van der Waals surface area contributed by atoms with Crippen LogP contribution in [0.5, 0.6) is 5.75 Å². The standard InChI is InChI=1S/C20H13N3O3S/c1-26-14-8-6-12(7-9-14)18(24)22-15-10-13(11-21)20-23(19(15)25)16-4-2-3-5-17(16)27-20/h2-10H,1H3,(H,22,24). The molecule has 2 aromatic carbocycles. The third-order valence-electron chi connectivity index (χ3n) is 4.19. The number of benzene rings is 2. The van der Waals surface area contributed by atoms with E-state index in [4.69, 9.17) is 4.74 Å². The van der Waals surface area contributed by atoms with Gasteiger partial charge in [-0.05, 0) is 42.5 Å². The number of rotatable bonds is 3. The molecule has 0 saturated heterocycles. The van der Waals surface area contributed by atoms with Crippen molar-refractivity contribution in [3.8, 4) is 11.8 Å². The lowest BCUT2D eigenvalue weighted by Gasteiger charge is -2.07. The molecule has 2 heterocycles. The van der Waals surface area contributed by atoms with Crippen molar-refractivity contribution in [3.63, 3.8) is 0 Å². The summed E-state index contributed by atoms with van der Waals surface area (Å²) in [4.78, 5) is 26.0. The molecular weight excluding hydrogens is 362 g/mol. The van der Waals surface area contributed by atoms with E-state index in [0.29, 0.717) is 27.2 Å². The van der Waals surface area contributed by atoms with Gasteiger partial charge in [-0.1, -0.05) is 12.1 Å². The lowest BCUT2D eigenvalue weighted by atomic mass is 10.2. The summed E-state index contributed by atoms with van der Waals surface area (Å²) in [5.41, 5.74) is 1.12. The van der Waals surface area contributed by atoms with Crippen molar-refractivity contribution >= 4 is 38.0 Å². The highest BCUT2D eigenvalue weighted by Gasteiger charge is 2.16. The number of carbonyl (C=O) groups is 1. The molecule has 27 heavy (non-hydrogen) atoms. The van der Waals surface area contributed by atoms with Crippen LogP contribution in [0.15, 0.2) is 59.4 Å². The van der Waals surface area contributed by atoms with Crippen LogP contribution in [0.25, 0.3) is 15.0 Å². The van der Waals surface area contributed by atoms with Gasteiger partial charge < -0.3 is 10.1 Å². The summed E-state index contributed by atoms with van der Waals surface area (Å²) < 4.78 is 7.44. The molecule has 0 bridgehead atoms. The van der Waals surface area contributed by atoms with Gasteiger partial charge in [-0.3, -0.25) is 14.0 Å². The van der Waals surface area contributed by atoms with Crippen LogP contribution < -0.4 is 15.6 Å². The molecule has 0 radical (unpaired) electrons. The number of nitrogens with zero attached hydrogens (tertiary/aromatic N) is 2. The van der Waals surface area contributed by atoms with Crippen LogP contribution in [0.1, 0.15) is 15.9 Å². The van der Waals surface area contributed by atoms with Crippen molar-refractivity contribution in [1.29, 1.82) is 5.26 Å². The minimum atomic E-state index is -0.432.